The Morgan fingerprint density at radius 1 is 0.919 bits per heavy atom. The number of H-pyrrole nitrogens is 1. The third kappa shape index (κ3) is 6.82. The van der Waals surface area contributed by atoms with E-state index in [9.17, 15) is 19.3 Å². The maximum absolute atomic E-state index is 13.2. The molecule has 1 amide bonds. The van der Waals surface area contributed by atoms with Crippen molar-refractivity contribution in [2.45, 2.75) is 45.2 Å². The van der Waals surface area contributed by atoms with Crippen molar-refractivity contribution < 1.29 is 19.3 Å². The van der Waals surface area contributed by atoms with E-state index in [0.717, 1.165) is 32.8 Å². The number of para-hydroxylation sites is 1. The fourth-order valence-corrected chi connectivity index (χ4v) is 5.80. The number of aromatic amines is 1. The van der Waals surface area contributed by atoms with E-state index >= 15 is 0 Å². The molecule has 7 nitrogen and oxygen atoms in total. The van der Waals surface area contributed by atoms with Crippen molar-refractivity contribution in [1.82, 2.24) is 15.4 Å². The number of carbonyl (C=O) groups is 2. The van der Waals surface area contributed by atoms with Crippen molar-refractivity contribution in [1.29, 1.82) is 0 Å². The van der Waals surface area contributed by atoms with Gasteiger partial charge in [-0.3, -0.25) is 4.79 Å². The number of aryl methyl sites for hydroxylation is 1. The highest BCUT2D eigenvalue weighted by Crippen LogP contribution is 2.25. The van der Waals surface area contributed by atoms with E-state index in [4.69, 9.17) is 0 Å². The quantitative estimate of drug-likeness (QED) is 0.187. The van der Waals surface area contributed by atoms with Gasteiger partial charge in [-0.1, -0.05) is 84.2 Å². The Balaban J connectivity index is 1.41. The summed E-state index contributed by atoms with van der Waals surface area (Å²) in [5, 5.41) is 18.7. The third-order valence-electron chi connectivity index (χ3n) is 6.50. The Morgan fingerprint density at radius 2 is 1.62 bits per heavy atom. The molecule has 0 bridgehead atoms. The van der Waals surface area contributed by atoms with E-state index < -0.39 is 31.9 Å². The molecule has 1 aromatic heterocycles. The Bertz CT molecular complexity index is 1410. The summed E-state index contributed by atoms with van der Waals surface area (Å²) in [5.41, 5.74) is 2.84. The Hall–Kier alpha value is -3.54. The highest BCUT2D eigenvalue weighted by molar-refractivity contribution is 7.42. The van der Waals surface area contributed by atoms with Gasteiger partial charge in [-0.05, 0) is 40.3 Å². The van der Waals surface area contributed by atoms with Crippen molar-refractivity contribution in [3.05, 3.63) is 84.1 Å². The number of hydrogen-bond acceptors (Lipinski definition) is 3. The smallest absolute Gasteiger partial charge is 0.433 e. The highest BCUT2D eigenvalue weighted by Gasteiger charge is 2.32. The number of rotatable bonds is 12. The van der Waals surface area contributed by atoms with E-state index in [0.29, 0.717) is 19.0 Å². The highest BCUT2D eigenvalue weighted by atomic mass is 31.1. The number of amides is 1. The van der Waals surface area contributed by atoms with Crippen LogP contribution in [0.4, 0.5) is 0 Å². The molecule has 37 heavy (non-hydrogen) atoms. The largest absolute Gasteiger partial charge is 0.480 e. The number of hydrogen-bond donors (Lipinski definition) is 4. The van der Waals surface area contributed by atoms with Crippen molar-refractivity contribution >= 4 is 41.5 Å². The molecular formula is C29H33N3O4P+. The number of benzene rings is 3. The number of carboxylic acid groups (broad SMARTS) is 1. The molecule has 0 aliphatic heterocycles. The molecular weight excluding hydrogens is 485 g/mol. The molecule has 0 spiro atoms. The lowest BCUT2D eigenvalue weighted by molar-refractivity contribution is -0.142. The van der Waals surface area contributed by atoms with Gasteiger partial charge in [0, 0.05) is 29.9 Å². The molecule has 192 valence electrons. The Morgan fingerprint density at radius 3 is 2.38 bits per heavy atom. The summed E-state index contributed by atoms with van der Waals surface area (Å²) in [6.07, 6.45) is 3.36. The van der Waals surface area contributed by atoms with E-state index in [1.54, 1.807) is 6.20 Å². The van der Waals surface area contributed by atoms with Crippen LogP contribution in [0.15, 0.2) is 72.9 Å². The summed E-state index contributed by atoms with van der Waals surface area (Å²) in [4.78, 5) is 28.4. The lowest BCUT2D eigenvalue weighted by atomic mass is 10.0. The van der Waals surface area contributed by atoms with Crippen LogP contribution in [0.3, 0.4) is 0 Å². The predicted octanol–water partition coefficient (Wildman–Crippen LogP) is 5.42. The van der Waals surface area contributed by atoms with E-state index in [-0.39, 0.29) is 12.3 Å². The van der Waals surface area contributed by atoms with Crippen molar-refractivity contribution in [3.63, 3.8) is 0 Å². The second-order valence-electron chi connectivity index (χ2n) is 9.76. The first kappa shape index (κ1) is 26.5. The molecule has 1 unspecified atom stereocenters. The van der Waals surface area contributed by atoms with Crippen molar-refractivity contribution in [2.75, 3.05) is 6.16 Å². The maximum Gasteiger partial charge on any atom is 0.433 e. The van der Waals surface area contributed by atoms with Crippen LogP contribution in [0.25, 0.3) is 21.7 Å². The molecule has 3 aromatic carbocycles. The van der Waals surface area contributed by atoms with Gasteiger partial charge in [0.15, 0.2) is 6.16 Å². The normalized spacial score (nSPS) is 13.5. The van der Waals surface area contributed by atoms with E-state index in [1.165, 1.54) is 0 Å². The summed E-state index contributed by atoms with van der Waals surface area (Å²) < 4.78 is 13.0. The van der Waals surface area contributed by atoms with Crippen LogP contribution < -0.4 is 10.4 Å². The van der Waals surface area contributed by atoms with Gasteiger partial charge in [-0.25, -0.2) is 4.79 Å². The molecule has 8 heteroatoms. The van der Waals surface area contributed by atoms with Gasteiger partial charge >= 0.3 is 13.9 Å². The minimum Gasteiger partial charge on any atom is -0.480 e. The summed E-state index contributed by atoms with van der Waals surface area (Å²) in [5.74, 6) is -1.40. The average molecular weight is 519 g/mol. The second kappa shape index (κ2) is 12.1. The molecule has 4 N–H and O–H groups in total. The molecule has 0 aliphatic carbocycles. The fourth-order valence-electron chi connectivity index (χ4n) is 4.65. The number of nitrogens with one attached hydrogen (secondary N) is 3. The lowest BCUT2D eigenvalue weighted by Gasteiger charge is -2.19. The minimum absolute atomic E-state index is 0.146. The standard InChI is InChI=1S/C29H32N3O4P/c1-19(2)16-26(32-37(36)15-14-21-10-7-9-20-8-3-4-11-23(20)21)28(33)31-27(29(34)35)17-22-18-30-25-13-6-5-12-24(22)25/h3-13,18-19,26-27,30H,14-17H2,1-2H3,(H2-,31,32,33,34,35,36)/p+1/t26-,27-/m0/s1. The third-order valence-corrected chi connectivity index (χ3v) is 7.73. The second-order valence-corrected chi connectivity index (χ2v) is 11.2. The molecule has 3 atom stereocenters. The first-order chi connectivity index (χ1) is 17.8. The van der Waals surface area contributed by atoms with Crippen LogP contribution in [0.1, 0.15) is 31.4 Å². The average Bonchev–Trinajstić information content (AvgIpc) is 3.29. The van der Waals surface area contributed by atoms with Gasteiger partial charge < -0.3 is 15.4 Å². The van der Waals surface area contributed by atoms with Crippen LogP contribution in [0.2, 0.25) is 0 Å². The van der Waals surface area contributed by atoms with Crippen molar-refractivity contribution in [2.24, 2.45) is 5.92 Å². The molecule has 4 aromatic rings. The van der Waals surface area contributed by atoms with Crippen LogP contribution in [-0.2, 0) is 27.0 Å². The van der Waals surface area contributed by atoms with Crippen LogP contribution in [0.5, 0.6) is 0 Å². The number of fused-ring (bicyclic) bond motifs is 2. The zero-order chi connectivity index (χ0) is 26.4. The van der Waals surface area contributed by atoms with Gasteiger partial charge in [0.2, 0.25) is 5.91 Å². The van der Waals surface area contributed by atoms with Gasteiger partial charge in [-0.15, -0.1) is 0 Å². The predicted molar refractivity (Wildman–Crippen MR) is 148 cm³/mol. The summed E-state index contributed by atoms with van der Waals surface area (Å²) in [6, 6.07) is 20.0. The SMILES string of the molecule is CC(C)C[C@H](N[P+](=O)CCc1cccc2ccccc12)C(=O)N[C@@H](Cc1c[nH]c2ccccc12)C(=O)O. The molecule has 1 heterocycles. The number of aliphatic carboxylic acids is 1. The Labute approximate surface area is 217 Å². The van der Waals surface area contributed by atoms with Gasteiger partial charge in [0.05, 0.1) is 0 Å². The summed E-state index contributed by atoms with van der Waals surface area (Å²) in [7, 11) is -1.88. The maximum atomic E-state index is 13.2. The van der Waals surface area contributed by atoms with Gasteiger partial charge in [0.1, 0.15) is 12.1 Å². The molecule has 0 radical (unpaired) electrons. The number of aromatic nitrogens is 1. The fraction of sp³-hybridized carbons (Fsp3) is 0.310. The van der Waals surface area contributed by atoms with Gasteiger partial charge in [0.25, 0.3) is 0 Å². The molecule has 0 fully saturated rings. The number of carbonyl (C=O) groups excluding carboxylic acids is 1. The first-order valence-electron chi connectivity index (χ1n) is 12.6. The molecule has 0 aliphatic rings. The van der Waals surface area contributed by atoms with Gasteiger partial charge in [-0.2, -0.15) is 0 Å². The lowest BCUT2D eigenvalue weighted by Crippen LogP contribution is -2.50. The molecule has 0 saturated heterocycles. The number of carboxylic acids is 1. The zero-order valence-corrected chi connectivity index (χ0v) is 22.0. The van der Waals surface area contributed by atoms with Crippen LogP contribution in [0, 0.1) is 5.92 Å². The molecule has 4 rings (SSSR count). The van der Waals surface area contributed by atoms with E-state index in [2.05, 4.69) is 33.6 Å². The van der Waals surface area contributed by atoms with E-state index in [1.807, 2.05) is 62.4 Å². The topological polar surface area (TPSA) is 111 Å². The summed E-state index contributed by atoms with van der Waals surface area (Å²) in [6.45, 7) is 3.96. The Kier molecular flexibility index (Phi) is 8.70. The summed E-state index contributed by atoms with van der Waals surface area (Å²) >= 11 is 0. The van der Waals surface area contributed by atoms with Crippen LogP contribution >= 0.6 is 7.95 Å². The van der Waals surface area contributed by atoms with Crippen molar-refractivity contribution in [3.8, 4) is 0 Å². The van der Waals surface area contributed by atoms with Crippen LogP contribution in [-0.4, -0.2) is 40.2 Å². The zero-order valence-electron chi connectivity index (χ0n) is 21.1. The minimum atomic E-state index is -1.88. The molecule has 0 saturated carbocycles. The monoisotopic (exact) mass is 518 g/mol. The first-order valence-corrected chi connectivity index (χ1v) is 14.0.